The van der Waals surface area contributed by atoms with Crippen LogP contribution in [0.3, 0.4) is 0 Å². The van der Waals surface area contributed by atoms with Crippen LogP contribution in [0.4, 0.5) is 0 Å². The summed E-state index contributed by atoms with van der Waals surface area (Å²) >= 11 is 0. The van der Waals surface area contributed by atoms with E-state index in [2.05, 4.69) is 22.0 Å². The molecular formula is C11H23N3O. The molecule has 0 aromatic rings. The van der Waals surface area contributed by atoms with E-state index >= 15 is 0 Å². The molecule has 2 bridgehead atoms. The monoisotopic (exact) mass is 213 g/mol. The molecule has 15 heavy (non-hydrogen) atoms. The summed E-state index contributed by atoms with van der Waals surface area (Å²) in [6.45, 7) is 9.88. The SMILES string of the molecule is CCOCC(NC)C1CN2CCN1CC2. The smallest absolute Gasteiger partial charge is 0.0635 e. The number of rotatable bonds is 5. The van der Waals surface area contributed by atoms with Crippen LogP contribution < -0.4 is 5.32 Å². The summed E-state index contributed by atoms with van der Waals surface area (Å²) in [6, 6.07) is 1.12. The maximum atomic E-state index is 5.54. The van der Waals surface area contributed by atoms with Crippen LogP contribution >= 0.6 is 0 Å². The van der Waals surface area contributed by atoms with Crippen LogP contribution in [0.2, 0.25) is 0 Å². The van der Waals surface area contributed by atoms with Gasteiger partial charge < -0.3 is 10.1 Å². The Bertz CT molecular complexity index is 192. The predicted octanol–water partition coefficient (Wildman–Crippen LogP) is -0.389. The number of nitrogens with one attached hydrogen (secondary N) is 1. The van der Waals surface area contributed by atoms with E-state index in [1.165, 1.54) is 32.7 Å². The first-order valence-corrected chi connectivity index (χ1v) is 6.06. The third-order valence-electron chi connectivity index (χ3n) is 3.66. The molecule has 88 valence electrons. The normalized spacial score (nSPS) is 36.8. The van der Waals surface area contributed by atoms with Crippen LogP contribution in [-0.4, -0.2) is 74.9 Å². The van der Waals surface area contributed by atoms with Crippen LogP contribution in [0, 0.1) is 0 Å². The number of piperazine rings is 3. The van der Waals surface area contributed by atoms with Gasteiger partial charge in [-0.25, -0.2) is 0 Å². The summed E-state index contributed by atoms with van der Waals surface area (Å²) in [5.74, 6) is 0. The Balaban J connectivity index is 1.90. The van der Waals surface area contributed by atoms with E-state index in [0.29, 0.717) is 12.1 Å². The van der Waals surface area contributed by atoms with E-state index < -0.39 is 0 Å². The van der Waals surface area contributed by atoms with Crippen molar-refractivity contribution in [2.45, 2.75) is 19.0 Å². The van der Waals surface area contributed by atoms with Crippen molar-refractivity contribution < 1.29 is 4.74 Å². The average molecular weight is 213 g/mol. The highest BCUT2D eigenvalue weighted by Gasteiger charge is 2.36. The van der Waals surface area contributed by atoms with Crippen LogP contribution in [0.5, 0.6) is 0 Å². The molecule has 2 unspecified atom stereocenters. The minimum atomic E-state index is 0.480. The molecule has 3 aliphatic rings. The van der Waals surface area contributed by atoms with Gasteiger partial charge in [-0.05, 0) is 14.0 Å². The Labute approximate surface area is 92.6 Å². The fourth-order valence-electron chi connectivity index (χ4n) is 2.67. The lowest BCUT2D eigenvalue weighted by atomic mass is 10.0. The lowest BCUT2D eigenvalue weighted by molar-refractivity contribution is -0.0188. The summed E-state index contributed by atoms with van der Waals surface area (Å²) in [6.07, 6.45) is 0. The van der Waals surface area contributed by atoms with Gasteiger partial charge in [0.15, 0.2) is 0 Å². The van der Waals surface area contributed by atoms with E-state index in [4.69, 9.17) is 4.74 Å². The van der Waals surface area contributed by atoms with Gasteiger partial charge in [-0.3, -0.25) is 9.80 Å². The van der Waals surface area contributed by atoms with Crippen LogP contribution in [0.15, 0.2) is 0 Å². The first kappa shape index (κ1) is 11.3. The Morgan fingerprint density at radius 2 is 2.07 bits per heavy atom. The maximum absolute atomic E-state index is 5.54. The average Bonchev–Trinajstić information content (AvgIpc) is 2.32. The van der Waals surface area contributed by atoms with Gasteiger partial charge in [0.2, 0.25) is 0 Å². The highest BCUT2D eigenvalue weighted by Crippen LogP contribution is 2.18. The third-order valence-corrected chi connectivity index (χ3v) is 3.66. The van der Waals surface area contributed by atoms with E-state index in [-0.39, 0.29) is 0 Å². The molecule has 0 aliphatic carbocycles. The summed E-state index contributed by atoms with van der Waals surface area (Å²) in [4.78, 5) is 5.18. The molecule has 0 radical (unpaired) electrons. The molecule has 0 aromatic heterocycles. The summed E-state index contributed by atoms with van der Waals surface area (Å²) < 4.78 is 5.54. The van der Waals surface area contributed by atoms with Crippen molar-refractivity contribution in [3.05, 3.63) is 0 Å². The second-order valence-electron chi connectivity index (χ2n) is 4.46. The zero-order valence-corrected chi connectivity index (χ0v) is 9.91. The lowest BCUT2D eigenvalue weighted by Crippen LogP contribution is -2.66. The molecular weight excluding hydrogens is 190 g/mol. The number of nitrogens with zero attached hydrogens (tertiary/aromatic N) is 2. The lowest BCUT2D eigenvalue weighted by Gasteiger charge is -2.50. The topological polar surface area (TPSA) is 27.7 Å². The quantitative estimate of drug-likeness (QED) is 0.673. The molecule has 3 fully saturated rings. The van der Waals surface area contributed by atoms with Gasteiger partial charge in [0.1, 0.15) is 0 Å². The first-order chi connectivity index (χ1) is 7.35. The highest BCUT2D eigenvalue weighted by atomic mass is 16.5. The standard InChI is InChI=1S/C11H23N3O/c1-3-15-9-10(12-2)11-8-13-4-6-14(11)7-5-13/h10-12H,3-9H2,1-2H3. The fraction of sp³-hybridized carbons (Fsp3) is 1.00. The molecule has 0 amide bonds. The Morgan fingerprint density at radius 3 is 2.53 bits per heavy atom. The van der Waals surface area contributed by atoms with Gasteiger partial charge in [0.05, 0.1) is 6.61 Å². The molecule has 3 heterocycles. The number of hydrogen-bond donors (Lipinski definition) is 1. The van der Waals surface area contributed by atoms with Crippen LogP contribution in [-0.2, 0) is 4.74 Å². The first-order valence-electron chi connectivity index (χ1n) is 6.06. The molecule has 3 aliphatic heterocycles. The third kappa shape index (κ3) is 2.50. The summed E-state index contributed by atoms with van der Waals surface area (Å²) in [7, 11) is 2.04. The van der Waals surface area contributed by atoms with Crippen molar-refractivity contribution >= 4 is 0 Å². The van der Waals surface area contributed by atoms with Crippen molar-refractivity contribution in [1.29, 1.82) is 0 Å². The number of ether oxygens (including phenoxy) is 1. The second-order valence-corrected chi connectivity index (χ2v) is 4.46. The summed E-state index contributed by atoms with van der Waals surface area (Å²) in [5, 5.41) is 3.40. The fourth-order valence-corrected chi connectivity index (χ4v) is 2.67. The highest BCUT2D eigenvalue weighted by molar-refractivity contribution is 4.94. The minimum Gasteiger partial charge on any atom is -0.380 e. The van der Waals surface area contributed by atoms with Crippen molar-refractivity contribution in [3.63, 3.8) is 0 Å². The van der Waals surface area contributed by atoms with Crippen molar-refractivity contribution in [2.24, 2.45) is 0 Å². The zero-order valence-electron chi connectivity index (χ0n) is 9.91. The number of likely N-dealkylation sites (N-methyl/N-ethyl adjacent to an activating group) is 1. The van der Waals surface area contributed by atoms with Crippen LogP contribution in [0.1, 0.15) is 6.92 Å². The van der Waals surface area contributed by atoms with Crippen molar-refractivity contribution in [2.75, 3.05) is 53.0 Å². The van der Waals surface area contributed by atoms with Gasteiger partial charge >= 0.3 is 0 Å². The summed E-state index contributed by atoms with van der Waals surface area (Å²) in [5.41, 5.74) is 0. The Morgan fingerprint density at radius 1 is 1.33 bits per heavy atom. The molecule has 4 nitrogen and oxygen atoms in total. The molecule has 0 spiro atoms. The molecule has 4 heteroatoms. The second kappa shape index (κ2) is 5.25. The van der Waals surface area contributed by atoms with Gasteiger partial charge in [0.25, 0.3) is 0 Å². The van der Waals surface area contributed by atoms with E-state index in [9.17, 15) is 0 Å². The Hall–Kier alpha value is -0.160. The minimum absolute atomic E-state index is 0.480. The maximum Gasteiger partial charge on any atom is 0.0635 e. The Kier molecular flexibility index (Phi) is 3.97. The molecule has 0 aromatic carbocycles. The van der Waals surface area contributed by atoms with Crippen molar-refractivity contribution in [1.82, 2.24) is 15.1 Å². The molecule has 2 atom stereocenters. The van der Waals surface area contributed by atoms with Gasteiger partial charge in [0, 0.05) is 51.4 Å². The predicted molar refractivity (Wildman–Crippen MR) is 61.1 cm³/mol. The van der Waals surface area contributed by atoms with Crippen molar-refractivity contribution in [3.8, 4) is 0 Å². The van der Waals surface area contributed by atoms with Gasteiger partial charge in [-0.15, -0.1) is 0 Å². The van der Waals surface area contributed by atoms with E-state index in [0.717, 1.165) is 13.2 Å². The van der Waals surface area contributed by atoms with Crippen LogP contribution in [0.25, 0.3) is 0 Å². The molecule has 0 saturated carbocycles. The van der Waals surface area contributed by atoms with Gasteiger partial charge in [-0.2, -0.15) is 0 Å². The molecule has 3 saturated heterocycles. The number of hydrogen-bond acceptors (Lipinski definition) is 4. The van der Waals surface area contributed by atoms with E-state index in [1.807, 2.05) is 7.05 Å². The van der Waals surface area contributed by atoms with E-state index in [1.54, 1.807) is 0 Å². The molecule has 1 N–H and O–H groups in total. The molecule has 3 rings (SSSR count). The number of fused-ring (bicyclic) bond motifs is 3. The zero-order chi connectivity index (χ0) is 10.7. The largest absolute Gasteiger partial charge is 0.380 e. The van der Waals surface area contributed by atoms with Gasteiger partial charge in [-0.1, -0.05) is 0 Å².